The molecule has 0 unspecified atom stereocenters. The Kier molecular flexibility index (Phi) is 10.6. The Morgan fingerprint density at radius 3 is 0.878 bits per heavy atom. The Hall–Kier alpha value is -11.0. The molecule has 0 bridgehead atoms. The second-order valence-corrected chi connectivity index (χ2v) is 18.1. The maximum atomic E-state index is 11.1. The second-order valence-electron chi connectivity index (χ2n) is 18.1. The van der Waals surface area contributed by atoms with Crippen LogP contribution in [0.2, 0.25) is 0 Å². The first-order valence-electron chi connectivity index (χ1n) is 23.7. The summed E-state index contributed by atoms with van der Waals surface area (Å²) in [5.41, 5.74) is 15.2. The molecule has 9 aromatic carbocycles. The van der Waals surface area contributed by atoms with Crippen LogP contribution in [0, 0.1) is 70.5 Å². The third-order valence-corrected chi connectivity index (χ3v) is 13.6. The van der Waals surface area contributed by atoms with E-state index in [2.05, 4.69) is 117 Å². The molecule has 0 fully saturated rings. The molecule has 10 nitrogen and oxygen atoms in total. The van der Waals surface area contributed by atoms with Crippen LogP contribution in [-0.2, 0) is 0 Å². The van der Waals surface area contributed by atoms with Gasteiger partial charge in [0.05, 0.1) is 97.2 Å². The zero-order chi connectivity index (χ0) is 50.6. The highest BCUT2D eigenvalue weighted by Gasteiger charge is 2.26. The van der Waals surface area contributed by atoms with E-state index >= 15 is 0 Å². The Balaban J connectivity index is 1.20. The highest BCUT2D eigenvalue weighted by Crippen LogP contribution is 2.45. The van der Waals surface area contributed by atoms with Crippen LogP contribution in [0.5, 0.6) is 0 Å². The predicted molar refractivity (Wildman–Crippen MR) is 289 cm³/mol. The molecule has 74 heavy (non-hydrogen) atoms. The maximum absolute atomic E-state index is 11.1. The first-order valence-corrected chi connectivity index (χ1v) is 23.7. The van der Waals surface area contributed by atoms with Gasteiger partial charge in [-0.05, 0) is 168 Å². The Morgan fingerprint density at radius 1 is 0.311 bits per heavy atom. The number of hydrogen-bond donors (Lipinski definition) is 0. The second kappa shape index (κ2) is 17.8. The number of nitrogens with zero attached hydrogens (tertiary/aromatic N) is 10. The van der Waals surface area contributed by atoms with Crippen molar-refractivity contribution < 1.29 is 0 Å². The van der Waals surface area contributed by atoms with Crippen molar-refractivity contribution in [3.8, 4) is 97.6 Å². The molecule has 3 heterocycles. The zero-order valence-electron chi connectivity index (χ0n) is 39.8. The van der Waals surface area contributed by atoms with E-state index in [-0.39, 0.29) is 0 Å². The van der Waals surface area contributed by atoms with E-state index in [0.29, 0.717) is 62.2 Å². The molecule has 0 amide bonds. The summed E-state index contributed by atoms with van der Waals surface area (Å²) in [5, 5.41) is 54.2. The molecule has 0 radical (unpaired) electrons. The molecule has 12 rings (SSSR count). The van der Waals surface area contributed by atoms with Crippen molar-refractivity contribution in [2.75, 3.05) is 0 Å². The average Bonchev–Trinajstić information content (AvgIpc) is 3.95. The molecule has 12 aromatic rings. The summed E-state index contributed by atoms with van der Waals surface area (Å²) < 4.78 is 4.36. The molecule has 0 N–H and O–H groups in total. The fourth-order valence-corrected chi connectivity index (χ4v) is 10.3. The molecule has 0 atom stereocenters. The topological polar surface area (TPSA) is 167 Å². The van der Waals surface area contributed by atoms with Gasteiger partial charge in [-0.2, -0.15) is 26.3 Å². The number of nitriles is 5. The van der Waals surface area contributed by atoms with Crippen LogP contribution >= 0.6 is 0 Å². The van der Waals surface area contributed by atoms with Crippen molar-refractivity contribution in [2.24, 2.45) is 0 Å². The first-order chi connectivity index (χ1) is 36.2. The largest absolute Gasteiger partial charge is 0.308 e. The lowest BCUT2D eigenvalue weighted by Gasteiger charge is -2.20. The minimum absolute atomic E-state index is 0.399. The van der Waals surface area contributed by atoms with E-state index < -0.39 is 0 Å². The number of benzene rings is 9. The Morgan fingerprint density at radius 2 is 0.595 bits per heavy atom. The normalized spacial score (nSPS) is 11.0. The Bertz CT molecular complexity index is 4090. The van der Waals surface area contributed by atoms with Gasteiger partial charge in [0.2, 0.25) is 0 Å². The van der Waals surface area contributed by atoms with Crippen LogP contribution in [0.3, 0.4) is 0 Å². The third kappa shape index (κ3) is 7.52. The summed E-state index contributed by atoms with van der Waals surface area (Å²) >= 11 is 0. The number of rotatable bonds is 7. The molecule has 0 aliphatic rings. The van der Waals surface area contributed by atoms with Gasteiger partial charge in [0.15, 0.2) is 5.82 Å². The number of aryl methyl sites for hydroxylation is 2. The lowest BCUT2D eigenvalue weighted by molar-refractivity contribution is 0.924. The summed E-state index contributed by atoms with van der Waals surface area (Å²) in [6, 6.07) is 70.8. The summed E-state index contributed by atoms with van der Waals surface area (Å²) in [6.07, 6.45) is 0. The molecule has 0 saturated carbocycles. The van der Waals surface area contributed by atoms with Gasteiger partial charge in [-0.25, -0.2) is 15.0 Å². The Labute approximate surface area is 425 Å². The van der Waals surface area contributed by atoms with E-state index in [1.165, 1.54) is 0 Å². The lowest BCUT2D eigenvalue weighted by atomic mass is 9.99. The highest BCUT2D eigenvalue weighted by atomic mass is 15.1. The molecular weight excluding hydrogens is 909 g/mol. The van der Waals surface area contributed by atoms with Crippen LogP contribution in [0.4, 0.5) is 0 Å². The van der Waals surface area contributed by atoms with Gasteiger partial charge in [0, 0.05) is 21.5 Å². The lowest BCUT2D eigenvalue weighted by Crippen LogP contribution is -2.08. The summed E-state index contributed by atoms with van der Waals surface area (Å²) in [5.74, 6) is 1.47. The van der Waals surface area contributed by atoms with Gasteiger partial charge >= 0.3 is 0 Å². The van der Waals surface area contributed by atoms with Gasteiger partial charge < -0.3 is 9.13 Å². The number of fused-ring (bicyclic) bond motifs is 6. The fourth-order valence-electron chi connectivity index (χ4n) is 10.3. The van der Waals surface area contributed by atoms with Crippen molar-refractivity contribution in [1.29, 1.82) is 26.3 Å². The third-order valence-electron chi connectivity index (χ3n) is 13.6. The fraction of sp³-hybridized carbons (Fsp3) is 0.0312. The first kappa shape index (κ1) is 44.3. The molecule has 0 saturated heterocycles. The van der Waals surface area contributed by atoms with Gasteiger partial charge in [0.25, 0.3) is 0 Å². The molecule has 3 aromatic heterocycles. The molecule has 10 heteroatoms. The summed E-state index contributed by atoms with van der Waals surface area (Å²) in [6.45, 7) is 3.69. The molecular formula is C64H36N10. The average molecular weight is 945 g/mol. The van der Waals surface area contributed by atoms with E-state index in [9.17, 15) is 26.3 Å². The van der Waals surface area contributed by atoms with Crippen molar-refractivity contribution in [3.63, 3.8) is 0 Å². The quantitative estimate of drug-likeness (QED) is 0.152. The van der Waals surface area contributed by atoms with E-state index in [4.69, 9.17) is 9.97 Å². The van der Waals surface area contributed by atoms with Crippen molar-refractivity contribution >= 4 is 43.6 Å². The van der Waals surface area contributed by atoms with E-state index in [0.717, 1.165) is 88.1 Å². The number of hydrogen-bond acceptors (Lipinski definition) is 8. The van der Waals surface area contributed by atoms with Crippen LogP contribution in [0.15, 0.2) is 182 Å². The molecule has 342 valence electrons. The van der Waals surface area contributed by atoms with Gasteiger partial charge in [-0.1, -0.05) is 72.8 Å². The maximum Gasteiger partial charge on any atom is 0.167 e. The van der Waals surface area contributed by atoms with Crippen molar-refractivity contribution in [2.45, 2.75) is 13.8 Å². The van der Waals surface area contributed by atoms with Gasteiger partial charge in [-0.15, -0.1) is 0 Å². The standard InChI is InChI=1S/C64H36N10/c1-38-70-39(2)72-64(71-38)63-61(73-57-19-15-49(45-11-3-7-40(23-45)33-65)29-53(57)54-30-50(16-20-58(54)73)46-12-4-8-41(24-46)34-66)27-44(37-69)28-62(63)74-59-21-17-51(47-13-5-9-42(25-47)35-67)31-55(59)56-32-52(18-22-60(56)74)48-14-6-10-43(26-48)36-68/h3-32H,1-2H3. The summed E-state index contributed by atoms with van der Waals surface area (Å²) in [7, 11) is 0. The smallest absolute Gasteiger partial charge is 0.167 e. The molecule has 0 spiro atoms. The number of aromatic nitrogens is 5. The van der Waals surface area contributed by atoms with Crippen LogP contribution in [0.25, 0.3) is 111 Å². The SMILES string of the molecule is Cc1nc(C)nc(-c2c(-n3c4ccc(-c5cccc(C#N)c5)cc4c4cc(-c5cccc(C#N)c5)ccc43)cc(C#N)cc2-n2c3ccc(-c4cccc(C#N)c4)cc3c3cc(-c4cccc(C#N)c4)ccc32)n1. The minimum Gasteiger partial charge on any atom is -0.308 e. The zero-order valence-corrected chi connectivity index (χ0v) is 39.8. The van der Waals surface area contributed by atoms with Crippen LogP contribution < -0.4 is 0 Å². The van der Waals surface area contributed by atoms with Crippen molar-refractivity contribution in [1.82, 2.24) is 24.1 Å². The van der Waals surface area contributed by atoms with Crippen LogP contribution in [0.1, 0.15) is 39.5 Å². The molecule has 0 aliphatic heterocycles. The van der Waals surface area contributed by atoms with Crippen LogP contribution in [-0.4, -0.2) is 24.1 Å². The summed E-state index contributed by atoms with van der Waals surface area (Å²) in [4.78, 5) is 14.7. The van der Waals surface area contributed by atoms with E-state index in [1.807, 2.05) is 98.8 Å². The van der Waals surface area contributed by atoms with Crippen molar-refractivity contribution in [3.05, 3.63) is 221 Å². The monoisotopic (exact) mass is 944 g/mol. The highest BCUT2D eigenvalue weighted by molar-refractivity contribution is 6.14. The predicted octanol–water partition coefficient (Wildman–Crippen LogP) is 14.4. The molecule has 0 aliphatic carbocycles. The van der Waals surface area contributed by atoms with Gasteiger partial charge in [0.1, 0.15) is 11.6 Å². The van der Waals surface area contributed by atoms with Gasteiger partial charge in [-0.3, -0.25) is 0 Å². The minimum atomic E-state index is 0.399. The van der Waals surface area contributed by atoms with E-state index in [1.54, 1.807) is 24.3 Å².